The van der Waals surface area contributed by atoms with Gasteiger partial charge in [-0.1, -0.05) is 11.6 Å². The number of nitrogens with zero attached hydrogens (tertiary/aromatic N) is 1. The molecule has 0 aromatic carbocycles. The van der Waals surface area contributed by atoms with Crippen molar-refractivity contribution in [1.82, 2.24) is 10.2 Å². The second-order valence-electron chi connectivity index (χ2n) is 3.56. The van der Waals surface area contributed by atoms with E-state index in [4.69, 9.17) is 11.6 Å². The second kappa shape index (κ2) is 4.84. The quantitative estimate of drug-likeness (QED) is 0.815. The Kier molecular flexibility index (Phi) is 3.93. The fourth-order valence-electron chi connectivity index (χ4n) is 1.25. The largest absolute Gasteiger partial charge is 0.379 e. The smallest absolute Gasteiger partial charge is 0.285 e. The van der Waals surface area contributed by atoms with Gasteiger partial charge in [-0.05, 0) is 6.92 Å². The molecule has 0 bridgehead atoms. The minimum Gasteiger partial charge on any atom is -0.379 e. The van der Waals surface area contributed by atoms with Gasteiger partial charge in [-0.2, -0.15) is 5.10 Å². The van der Waals surface area contributed by atoms with E-state index < -0.39 is 15.4 Å². The van der Waals surface area contributed by atoms with Crippen molar-refractivity contribution in [3.63, 3.8) is 0 Å². The molecule has 0 amide bonds. The molecule has 0 saturated carbocycles. The van der Waals surface area contributed by atoms with Gasteiger partial charge >= 0.3 is 0 Å². The lowest BCUT2D eigenvalue weighted by Crippen LogP contribution is -2.26. The first kappa shape index (κ1) is 13.0. The van der Waals surface area contributed by atoms with Crippen molar-refractivity contribution in [2.45, 2.75) is 13.0 Å². The number of aromatic nitrogens is 2. The Morgan fingerprint density at radius 3 is 2.81 bits per heavy atom. The molecule has 6 nitrogen and oxygen atoms in total. The zero-order chi connectivity index (χ0) is 12.3. The number of H-pyrrole nitrogens is 1. The molecular formula is C8H12ClN3O3S. The third kappa shape index (κ3) is 3.82. The number of anilines is 1. The maximum absolute atomic E-state index is 11.1. The summed E-state index contributed by atoms with van der Waals surface area (Å²) in [5.41, 5.74) is -0.195. The summed E-state index contributed by atoms with van der Waals surface area (Å²) in [5.74, 6) is -0.0455. The van der Waals surface area contributed by atoms with Crippen LogP contribution in [0.1, 0.15) is 6.92 Å². The van der Waals surface area contributed by atoms with E-state index in [2.05, 4.69) is 15.5 Å². The SMILES string of the molecule is CC(CS(C)(=O)=O)Nc1cn[nH]c(=O)c1Cl. The summed E-state index contributed by atoms with van der Waals surface area (Å²) in [4.78, 5) is 11.1. The third-order valence-electron chi connectivity index (χ3n) is 1.75. The van der Waals surface area contributed by atoms with Crippen LogP contribution in [0.3, 0.4) is 0 Å². The van der Waals surface area contributed by atoms with Gasteiger partial charge < -0.3 is 5.32 Å². The Morgan fingerprint density at radius 1 is 1.62 bits per heavy atom. The standard InChI is InChI=1S/C8H12ClN3O3S/c1-5(4-16(2,14)15)11-6-3-10-12-8(13)7(6)9/h3,5H,4H2,1-2H3,(H2,11,12,13). The zero-order valence-electron chi connectivity index (χ0n) is 8.82. The van der Waals surface area contributed by atoms with Crippen LogP contribution in [0.2, 0.25) is 5.02 Å². The molecule has 0 aliphatic heterocycles. The van der Waals surface area contributed by atoms with Crippen molar-refractivity contribution in [2.75, 3.05) is 17.3 Å². The fraction of sp³-hybridized carbons (Fsp3) is 0.500. The predicted molar refractivity (Wildman–Crippen MR) is 62.7 cm³/mol. The molecule has 0 saturated heterocycles. The fourth-order valence-corrected chi connectivity index (χ4v) is 2.38. The van der Waals surface area contributed by atoms with Crippen molar-refractivity contribution in [2.24, 2.45) is 0 Å². The van der Waals surface area contributed by atoms with Gasteiger partial charge in [-0.25, -0.2) is 13.5 Å². The maximum atomic E-state index is 11.1. The van der Waals surface area contributed by atoms with E-state index in [9.17, 15) is 13.2 Å². The molecule has 0 aliphatic carbocycles. The van der Waals surface area contributed by atoms with Crippen LogP contribution in [0.5, 0.6) is 0 Å². The molecule has 1 aromatic rings. The number of sulfone groups is 1. The van der Waals surface area contributed by atoms with E-state index in [0.717, 1.165) is 6.26 Å². The average molecular weight is 266 g/mol. The van der Waals surface area contributed by atoms with Crippen molar-refractivity contribution in [1.29, 1.82) is 0 Å². The van der Waals surface area contributed by atoms with Gasteiger partial charge in [0.25, 0.3) is 5.56 Å². The number of rotatable bonds is 4. The molecule has 1 unspecified atom stereocenters. The highest BCUT2D eigenvalue weighted by molar-refractivity contribution is 7.90. The highest BCUT2D eigenvalue weighted by atomic mass is 35.5. The van der Waals surface area contributed by atoms with Gasteiger partial charge in [0.05, 0.1) is 17.6 Å². The van der Waals surface area contributed by atoms with Crippen LogP contribution >= 0.6 is 11.6 Å². The summed E-state index contributed by atoms with van der Waals surface area (Å²) >= 11 is 5.71. The minimum absolute atomic E-state index is 0.0321. The Bertz CT molecular complexity index is 526. The lowest BCUT2D eigenvalue weighted by molar-refractivity contribution is 0.598. The van der Waals surface area contributed by atoms with Crippen LogP contribution in [-0.4, -0.2) is 36.7 Å². The summed E-state index contributed by atoms with van der Waals surface area (Å²) < 4.78 is 22.1. The van der Waals surface area contributed by atoms with E-state index in [1.165, 1.54) is 6.20 Å². The Balaban J connectivity index is 2.82. The molecule has 2 N–H and O–H groups in total. The van der Waals surface area contributed by atoms with E-state index in [-0.39, 0.29) is 16.8 Å². The topological polar surface area (TPSA) is 91.9 Å². The summed E-state index contributed by atoms with van der Waals surface area (Å²) in [6.07, 6.45) is 2.48. The van der Waals surface area contributed by atoms with Crippen LogP contribution in [-0.2, 0) is 9.84 Å². The summed E-state index contributed by atoms with van der Waals surface area (Å²) in [7, 11) is -3.08. The van der Waals surface area contributed by atoms with Gasteiger partial charge in [-0.15, -0.1) is 0 Å². The monoisotopic (exact) mass is 265 g/mol. The molecule has 1 atom stereocenters. The van der Waals surface area contributed by atoms with Crippen molar-refractivity contribution in [3.05, 3.63) is 21.6 Å². The number of aromatic amines is 1. The van der Waals surface area contributed by atoms with Gasteiger partial charge in [0, 0.05) is 12.3 Å². The highest BCUT2D eigenvalue weighted by Gasteiger charge is 2.12. The Morgan fingerprint density at radius 2 is 2.25 bits per heavy atom. The van der Waals surface area contributed by atoms with Crippen LogP contribution in [0.15, 0.2) is 11.0 Å². The van der Waals surface area contributed by atoms with Gasteiger partial charge in [-0.3, -0.25) is 4.79 Å². The first-order valence-corrected chi connectivity index (χ1v) is 6.91. The average Bonchev–Trinajstić information content (AvgIpc) is 2.09. The van der Waals surface area contributed by atoms with Crippen LogP contribution < -0.4 is 10.9 Å². The Labute approximate surface area is 97.9 Å². The van der Waals surface area contributed by atoms with E-state index in [1.807, 2.05) is 0 Å². The van der Waals surface area contributed by atoms with Crippen molar-refractivity contribution < 1.29 is 8.42 Å². The summed E-state index contributed by atoms with van der Waals surface area (Å²) in [5, 5.41) is 8.51. The van der Waals surface area contributed by atoms with E-state index >= 15 is 0 Å². The molecule has 0 fully saturated rings. The van der Waals surface area contributed by atoms with Gasteiger partial charge in [0.15, 0.2) is 0 Å². The zero-order valence-corrected chi connectivity index (χ0v) is 10.4. The van der Waals surface area contributed by atoms with Crippen molar-refractivity contribution in [3.8, 4) is 0 Å². The minimum atomic E-state index is -3.08. The first-order chi connectivity index (χ1) is 7.29. The molecule has 16 heavy (non-hydrogen) atoms. The number of hydrogen-bond donors (Lipinski definition) is 2. The number of nitrogens with one attached hydrogen (secondary N) is 2. The summed E-state index contributed by atoms with van der Waals surface area (Å²) in [6, 6.07) is -0.351. The van der Waals surface area contributed by atoms with Gasteiger partial charge in [0.1, 0.15) is 14.9 Å². The summed E-state index contributed by atoms with van der Waals surface area (Å²) in [6.45, 7) is 1.68. The number of halogens is 1. The highest BCUT2D eigenvalue weighted by Crippen LogP contribution is 2.15. The predicted octanol–water partition coefficient (Wildman–Crippen LogP) is 0.268. The van der Waals surface area contributed by atoms with Crippen LogP contribution in [0.25, 0.3) is 0 Å². The van der Waals surface area contributed by atoms with Crippen LogP contribution in [0.4, 0.5) is 5.69 Å². The molecule has 90 valence electrons. The second-order valence-corrected chi connectivity index (χ2v) is 6.13. The Hall–Kier alpha value is -1.08. The van der Waals surface area contributed by atoms with Gasteiger partial charge in [0.2, 0.25) is 0 Å². The third-order valence-corrected chi connectivity index (χ3v) is 3.23. The molecule has 0 aliphatic rings. The normalized spacial score (nSPS) is 13.4. The first-order valence-electron chi connectivity index (χ1n) is 4.47. The van der Waals surface area contributed by atoms with E-state index in [0.29, 0.717) is 5.69 Å². The molecular weight excluding hydrogens is 254 g/mol. The lowest BCUT2D eigenvalue weighted by atomic mass is 10.3. The van der Waals surface area contributed by atoms with Crippen LogP contribution in [0, 0.1) is 0 Å². The molecule has 1 aromatic heterocycles. The molecule has 1 heterocycles. The van der Waals surface area contributed by atoms with Crippen molar-refractivity contribution >= 4 is 27.1 Å². The molecule has 0 radical (unpaired) electrons. The lowest BCUT2D eigenvalue weighted by Gasteiger charge is -2.14. The maximum Gasteiger partial charge on any atom is 0.285 e. The van der Waals surface area contributed by atoms with E-state index in [1.54, 1.807) is 6.92 Å². The number of hydrogen-bond acceptors (Lipinski definition) is 5. The molecule has 8 heteroatoms. The molecule has 0 spiro atoms. The molecule has 1 rings (SSSR count).